The number of nitrogens with zero attached hydrogens (tertiary/aromatic N) is 2. The van der Waals surface area contributed by atoms with Crippen molar-refractivity contribution in [3.05, 3.63) is 82.9 Å². The fourth-order valence-electron chi connectivity index (χ4n) is 4.78. The van der Waals surface area contributed by atoms with Gasteiger partial charge in [-0.1, -0.05) is 36.5 Å². The highest BCUT2D eigenvalue weighted by molar-refractivity contribution is 7.22. The second kappa shape index (κ2) is 10.1. The zero-order chi connectivity index (χ0) is 27.1. The lowest BCUT2D eigenvalue weighted by Crippen LogP contribution is -2.29. The van der Waals surface area contributed by atoms with Crippen LogP contribution < -0.4 is 19.1 Å². The molecule has 8 nitrogen and oxygen atoms in total. The molecule has 3 heterocycles. The van der Waals surface area contributed by atoms with Crippen molar-refractivity contribution in [3.8, 4) is 17.2 Å². The monoisotopic (exact) mass is 542 g/mol. The third-order valence-electron chi connectivity index (χ3n) is 6.67. The number of anilines is 1. The zero-order valence-corrected chi connectivity index (χ0v) is 22.3. The molecule has 1 fully saturated rings. The number of hydrogen-bond donors (Lipinski definition) is 1. The van der Waals surface area contributed by atoms with Crippen LogP contribution in [0.25, 0.3) is 16.0 Å². The number of carbonyl (C=O) groups excluding carboxylic acids is 2. The molecule has 0 aliphatic carbocycles. The van der Waals surface area contributed by atoms with Crippen LogP contribution in [0.4, 0.5) is 5.13 Å². The summed E-state index contributed by atoms with van der Waals surface area (Å²) in [5.74, 6) is -0.117. The van der Waals surface area contributed by atoms with Crippen LogP contribution in [-0.4, -0.2) is 41.6 Å². The molecule has 1 N–H and O–H groups in total. The first-order valence-corrected chi connectivity index (χ1v) is 13.6. The number of amides is 1. The summed E-state index contributed by atoms with van der Waals surface area (Å²) < 4.78 is 17.9. The normalized spacial score (nSPS) is 18.1. The number of hydrogen-bond acceptors (Lipinski definition) is 8. The lowest BCUT2D eigenvalue weighted by atomic mass is 9.95. The molecular formula is C30H26N2O6S. The number of aryl methyl sites for hydroxylation is 1. The highest BCUT2D eigenvalue weighted by Gasteiger charge is 2.48. The number of fused-ring (bicyclic) bond motifs is 2. The summed E-state index contributed by atoms with van der Waals surface area (Å²) in [7, 11) is 0. The Balaban J connectivity index is 1.50. The summed E-state index contributed by atoms with van der Waals surface area (Å²) in [4.78, 5) is 33.2. The molecule has 0 spiro atoms. The van der Waals surface area contributed by atoms with Gasteiger partial charge in [0.25, 0.3) is 5.78 Å². The van der Waals surface area contributed by atoms with E-state index in [9.17, 15) is 14.7 Å². The van der Waals surface area contributed by atoms with E-state index >= 15 is 0 Å². The number of ketones is 1. The van der Waals surface area contributed by atoms with E-state index in [1.165, 1.54) is 16.2 Å². The lowest BCUT2D eigenvalue weighted by Gasteiger charge is -2.23. The quantitative estimate of drug-likeness (QED) is 0.187. The van der Waals surface area contributed by atoms with Crippen molar-refractivity contribution in [3.63, 3.8) is 0 Å². The van der Waals surface area contributed by atoms with Crippen LogP contribution in [0.3, 0.4) is 0 Å². The number of aromatic nitrogens is 1. The summed E-state index contributed by atoms with van der Waals surface area (Å²) in [6, 6.07) is 17.1. The maximum absolute atomic E-state index is 13.5. The molecule has 1 aromatic heterocycles. The van der Waals surface area contributed by atoms with Crippen LogP contribution in [0.2, 0.25) is 0 Å². The van der Waals surface area contributed by atoms with Gasteiger partial charge in [0.2, 0.25) is 0 Å². The van der Waals surface area contributed by atoms with E-state index in [0.717, 1.165) is 22.2 Å². The van der Waals surface area contributed by atoms with Gasteiger partial charge in [-0.05, 0) is 66.9 Å². The van der Waals surface area contributed by atoms with Gasteiger partial charge in [-0.25, -0.2) is 4.98 Å². The third-order valence-corrected chi connectivity index (χ3v) is 7.68. The summed E-state index contributed by atoms with van der Waals surface area (Å²) in [6.07, 6.45) is 0.870. The van der Waals surface area contributed by atoms with Gasteiger partial charge in [0.05, 0.1) is 28.4 Å². The Morgan fingerprint density at radius 1 is 1.05 bits per heavy atom. The Hall–Kier alpha value is -4.37. The van der Waals surface area contributed by atoms with E-state index in [-0.39, 0.29) is 11.3 Å². The van der Waals surface area contributed by atoms with Gasteiger partial charge in [-0.3, -0.25) is 14.5 Å². The van der Waals surface area contributed by atoms with E-state index in [2.05, 4.69) is 4.98 Å². The lowest BCUT2D eigenvalue weighted by molar-refractivity contribution is -0.132. The van der Waals surface area contributed by atoms with Crippen LogP contribution in [-0.2, 0) is 9.59 Å². The molecule has 9 heteroatoms. The number of ether oxygens (including phenoxy) is 3. The molecule has 39 heavy (non-hydrogen) atoms. The average molecular weight is 543 g/mol. The van der Waals surface area contributed by atoms with Crippen LogP contribution in [0.15, 0.2) is 66.2 Å². The molecule has 0 radical (unpaired) electrons. The standard InChI is InChI=1S/C30H26N2O6S/c1-3-12-36-20-8-5-18(6-9-20)26-25(27(33)19-7-11-22-23(16-19)38-14-13-37-22)28(34)29(35)32(26)30-31-21-10-4-17(2)15-24(21)39-30/h4-11,15-16,26,33H,3,12-14H2,1-2H3/t26-/m0/s1. The Bertz CT molecular complexity index is 1620. The Labute approximate surface area is 229 Å². The number of rotatable bonds is 6. The van der Waals surface area contributed by atoms with E-state index in [0.29, 0.717) is 53.3 Å². The van der Waals surface area contributed by atoms with Gasteiger partial charge in [0.15, 0.2) is 16.6 Å². The Morgan fingerprint density at radius 3 is 2.59 bits per heavy atom. The van der Waals surface area contributed by atoms with Crippen LogP contribution in [0, 0.1) is 6.92 Å². The van der Waals surface area contributed by atoms with Crippen molar-refractivity contribution in [2.45, 2.75) is 26.3 Å². The molecule has 198 valence electrons. The molecule has 4 aromatic rings. The first kappa shape index (κ1) is 24.9. The smallest absolute Gasteiger partial charge is 0.301 e. The van der Waals surface area contributed by atoms with Gasteiger partial charge < -0.3 is 19.3 Å². The molecule has 3 aromatic carbocycles. The zero-order valence-electron chi connectivity index (χ0n) is 21.5. The molecule has 1 amide bonds. The van der Waals surface area contributed by atoms with Crippen LogP contribution in [0.1, 0.15) is 36.1 Å². The molecule has 2 aliphatic rings. The van der Waals surface area contributed by atoms with Crippen molar-refractivity contribution in [2.24, 2.45) is 0 Å². The van der Waals surface area contributed by atoms with E-state index in [4.69, 9.17) is 14.2 Å². The molecule has 1 saturated heterocycles. The largest absolute Gasteiger partial charge is 0.507 e. The summed E-state index contributed by atoms with van der Waals surface area (Å²) in [5.41, 5.74) is 2.78. The van der Waals surface area contributed by atoms with Gasteiger partial charge in [-0.15, -0.1) is 0 Å². The Morgan fingerprint density at radius 2 is 1.82 bits per heavy atom. The number of aliphatic hydroxyl groups is 1. The van der Waals surface area contributed by atoms with Crippen LogP contribution >= 0.6 is 11.3 Å². The van der Waals surface area contributed by atoms with E-state index in [1.807, 2.05) is 44.2 Å². The maximum Gasteiger partial charge on any atom is 0.301 e. The molecule has 2 aliphatic heterocycles. The first-order valence-electron chi connectivity index (χ1n) is 12.8. The van der Waals surface area contributed by atoms with E-state index < -0.39 is 17.7 Å². The Kier molecular flexibility index (Phi) is 6.44. The van der Waals surface area contributed by atoms with Crippen molar-refractivity contribution < 1.29 is 28.9 Å². The van der Waals surface area contributed by atoms with Gasteiger partial charge in [0.1, 0.15) is 24.7 Å². The van der Waals surface area contributed by atoms with Crippen LogP contribution in [0.5, 0.6) is 17.2 Å². The summed E-state index contributed by atoms with van der Waals surface area (Å²) in [5, 5.41) is 11.9. The van der Waals surface area contributed by atoms with Crippen molar-refractivity contribution in [1.29, 1.82) is 0 Å². The third kappa shape index (κ3) is 4.48. The molecule has 1 atom stereocenters. The van der Waals surface area contributed by atoms with Gasteiger partial charge in [0, 0.05) is 5.56 Å². The average Bonchev–Trinajstić information content (AvgIpc) is 3.48. The highest BCUT2D eigenvalue weighted by atomic mass is 32.1. The van der Waals surface area contributed by atoms with Crippen molar-refractivity contribution in [2.75, 3.05) is 24.7 Å². The predicted molar refractivity (Wildman–Crippen MR) is 149 cm³/mol. The number of aliphatic hydroxyl groups excluding tert-OH is 1. The predicted octanol–water partition coefficient (Wildman–Crippen LogP) is 5.79. The second-order valence-electron chi connectivity index (χ2n) is 9.41. The molecule has 6 rings (SSSR count). The summed E-state index contributed by atoms with van der Waals surface area (Å²) >= 11 is 1.33. The minimum Gasteiger partial charge on any atom is -0.507 e. The summed E-state index contributed by atoms with van der Waals surface area (Å²) in [6.45, 7) is 5.40. The highest BCUT2D eigenvalue weighted by Crippen LogP contribution is 2.45. The van der Waals surface area contributed by atoms with Gasteiger partial charge in [-0.2, -0.15) is 0 Å². The molecular weight excluding hydrogens is 516 g/mol. The topological polar surface area (TPSA) is 98.2 Å². The minimum absolute atomic E-state index is 0.0191. The maximum atomic E-state index is 13.5. The van der Waals surface area contributed by atoms with E-state index in [1.54, 1.807) is 30.3 Å². The van der Waals surface area contributed by atoms with Crippen molar-refractivity contribution >= 4 is 44.1 Å². The number of thiazole rings is 1. The number of benzene rings is 3. The molecule has 0 bridgehead atoms. The first-order chi connectivity index (χ1) is 18.9. The number of Topliss-reactive ketones (excluding diaryl/α,β-unsaturated/α-hetero) is 1. The van der Waals surface area contributed by atoms with Crippen molar-refractivity contribution in [1.82, 2.24) is 4.98 Å². The minimum atomic E-state index is -0.889. The fourth-order valence-corrected chi connectivity index (χ4v) is 5.87. The van der Waals surface area contributed by atoms with Gasteiger partial charge >= 0.3 is 5.91 Å². The second-order valence-corrected chi connectivity index (χ2v) is 10.4. The molecule has 0 saturated carbocycles. The molecule has 0 unspecified atom stereocenters. The number of carbonyl (C=O) groups is 2. The SMILES string of the molecule is CCCOc1ccc([C@H]2C(=C(O)c3ccc4c(c3)OCCO4)C(=O)C(=O)N2c2nc3ccc(C)cc3s2)cc1. The fraction of sp³-hybridized carbons (Fsp3) is 0.233.